The van der Waals surface area contributed by atoms with E-state index >= 15 is 0 Å². The molecule has 1 aliphatic rings. The van der Waals surface area contributed by atoms with Crippen LogP contribution in [-0.4, -0.2) is 69.9 Å². The highest BCUT2D eigenvalue weighted by atomic mass is 16.6. The molecule has 3 heterocycles. The van der Waals surface area contributed by atoms with E-state index in [1.54, 1.807) is 35.4 Å². The van der Waals surface area contributed by atoms with Gasteiger partial charge < -0.3 is 30.2 Å². The number of hydrogen-bond donors (Lipinski definition) is 2. The molecule has 192 valence electrons. The number of amides is 2. The lowest BCUT2D eigenvalue weighted by Gasteiger charge is -2.26. The minimum absolute atomic E-state index is 0.0844. The average Bonchev–Trinajstić information content (AvgIpc) is 3.30. The number of nitrogens with one attached hydrogen (secondary N) is 1. The number of carbonyl (C=O) groups excluding carboxylic acids is 2. The lowest BCUT2D eigenvalue weighted by Crippen LogP contribution is -2.50. The van der Waals surface area contributed by atoms with Crippen LogP contribution in [0.25, 0.3) is 5.65 Å². The number of aromatic nitrogens is 3. The van der Waals surface area contributed by atoms with E-state index < -0.39 is 11.6 Å². The van der Waals surface area contributed by atoms with Gasteiger partial charge in [0.25, 0.3) is 0 Å². The van der Waals surface area contributed by atoms with Gasteiger partial charge in [-0.2, -0.15) is 0 Å². The maximum absolute atomic E-state index is 12.7. The monoisotopic (exact) mass is 496 g/mol. The van der Waals surface area contributed by atoms with Crippen molar-refractivity contribution in [2.75, 3.05) is 32.9 Å². The SMILES string of the molecule is CC(C)(N)C(=O)N[C@H](COCc1ccccc1)c1nnc2ccc(COC(=O)N3CCOCC3)cn12. The van der Waals surface area contributed by atoms with E-state index in [9.17, 15) is 9.59 Å². The first-order valence-corrected chi connectivity index (χ1v) is 11.9. The van der Waals surface area contributed by atoms with Gasteiger partial charge in [0.15, 0.2) is 11.5 Å². The first-order chi connectivity index (χ1) is 17.3. The summed E-state index contributed by atoms with van der Waals surface area (Å²) in [6, 6.07) is 12.7. The third kappa shape index (κ3) is 6.56. The second-order valence-corrected chi connectivity index (χ2v) is 9.23. The fraction of sp³-hybridized carbons (Fsp3) is 0.440. The van der Waals surface area contributed by atoms with Crippen LogP contribution < -0.4 is 11.1 Å². The molecule has 1 aliphatic heterocycles. The number of benzene rings is 1. The number of nitrogens with two attached hydrogens (primary N) is 1. The number of hydrogen-bond acceptors (Lipinski definition) is 8. The Kier molecular flexibility index (Phi) is 8.14. The Morgan fingerprint density at radius 2 is 1.83 bits per heavy atom. The number of pyridine rings is 1. The molecule has 4 rings (SSSR count). The molecule has 1 aromatic carbocycles. The zero-order valence-electron chi connectivity index (χ0n) is 20.6. The summed E-state index contributed by atoms with van der Waals surface area (Å²) >= 11 is 0. The van der Waals surface area contributed by atoms with Crippen molar-refractivity contribution >= 4 is 17.6 Å². The fourth-order valence-electron chi connectivity index (χ4n) is 3.65. The Balaban J connectivity index is 1.50. The molecule has 0 bridgehead atoms. The van der Waals surface area contributed by atoms with Crippen LogP contribution >= 0.6 is 0 Å². The van der Waals surface area contributed by atoms with Crippen LogP contribution in [0.15, 0.2) is 48.7 Å². The van der Waals surface area contributed by atoms with Gasteiger partial charge in [0, 0.05) is 24.8 Å². The summed E-state index contributed by atoms with van der Waals surface area (Å²) < 4.78 is 18.4. The van der Waals surface area contributed by atoms with Crippen molar-refractivity contribution in [3.63, 3.8) is 0 Å². The highest BCUT2D eigenvalue weighted by molar-refractivity contribution is 5.85. The summed E-state index contributed by atoms with van der Waals surface area (Å²) in [5.41, 5.74) is 7.27. The van der Waals surface area contributed by atoms with Gasteiger partial charge in [-0.3, -0.25) is 9.20 Å². The Bertz CT molecular complexity index is 1170. The molecule has 1 saturated heterocycles. The largest absolute Gasteiger partial charge is 0.444 e. The van der Waals surface area contributed by atoms with Crippen LogP contribution in [0.4, 0.5) is 4.79 Å². The number of fused-ring (bicyclic) bond motifs is 1. The van der Waals surface area contributed by atoms with E-state index in [2.05, 4.69) is 15.5 Å². The van der Waals surface area contributed by atoms with Crippen molar-refractivity contribution in [2.24, 2.45) is 5.73 Å². The van der Waals surface area contributed by atoms with Gasteiger partial charge in [0.2, 0.25) is 5.91 Å². The van der Waals surface area contributed by atoms with Gasteiger partial charge in [0.05, 0.1) is 32.0 Å². The normalized spacial score (nSPS) is 15.0. The van der Waals surface area contributed by atoms with Gasteiger partial charge >= 0.3 is 6.09 Å². The molecule has 3 aromatic rings. The molecule has 0 radical (unpaired) electrons. The Hall–Kier alpha value is -3.54. The zero-order chi connectivity index (χ0) is 25.5. The van der Waals surface area contributed by atoms with Gasteiger partial charge in [-0.25, -0.2) is 4.79 Å². The lowest BCUT2D eigenvalue weighted by atomic mass is 10.1. The summed E-state index contributed by atoms with van der Waals surface area (Å²) in [7, 11) is 0. The number of rotatable bonds is 9. The Labute approximate surface area is 209 Å². The van der Waals surface area contributed by atoms with Crippen LogP contribution in [-0.2, 0) is 32.2 Å². The molecule has 11 heteroatoms. The molecule has 11 nitrogen and oxygen atoms in total. The van der Waals surface area contributed by atoms with E-state index in [1.807, 2.05) is 36.4 Å². The topological polar surface area (TPSA) is 133 Å². The van der Waals surface area contributed by atoms with Gasteiger partial charge in [-0.15, -0.1) is 10.2 Å². The molecule has 3 N–H and O–H groups in total. The highest BCUT2D eigenvalue weighted by Gasteiger charge is 2.28. The first-order valence-electron chi connectivity index (χ1n) is 11.9. The molecule has 1 fully saturated rings. The lowest BCUT2D eigenvalue weighted by molar-refractivity contribution is -0.126. The van der Waals surface area contributed by atoms with Crippen LogP contribution in [0.3, 0.4) is 0 Å². The van der Waals surface area contributed by atoms with Crippen molar-refractivity contribution in [1.29, 1.82) is 0 Å². The molecule has 2 amide bonds. The third-order valence-electron chi connectivity index (χ3n) is 5.72. The highest BCUT2D eigenvalue weighted by Crippen LogP contribution is 2.17. The molecule has 1 atom stereocenters. The summed E-state index contributed by atoms with van der Waals surface area (Å²) in [4.78, 5) is 26.7. The predicted molar refractivity (Wildman–Crippen MR) is 131 cm³/mol. The van der Waals surface area contributed by atoms with Crippen molar-refractivity contribution in [2.45, 2.75) is 38.6 Å². The van der Waals surface area contributed by atoms with Crippen LogP contribution in [0.5, 0.6) is 0 Å². The zero-order valence-corrected chi connectivity index (χ0v) is 20.6. The molecule has 0 saturated carbocycles. The average molecular weight is 497 g/mol. The van der Waals surface area contributed by atoms with Gasteiger partial charge in [-0.05, 0) is 25.5 Å². The molecule has 0 aliphatic carbocycles. The molecule has 36 heavy (non-hydrogen) atoms. The van der Waals surface area contributed by atoms with Crippen molar-refractivity contribution in [3.8, 4) is 0 Å². The van der Waals surface area contributed by atoms with Crippen LogP contribution in [0.2, 0.25) is 0 Å². The minimum Gasteiger partial charge on any atom is -0.444 e. The fourth-order valence-corrected chi connectivity index (χ4v) is 3.65. The van der Waals surface area contributed by atoms with Crippen molar-refractivity contribution in [3.05, 3.63) is 65.6 Å². The van der Waals surface area contributed by atoms with Gasteiger partial charge in [0.1, 0.15) is 12.6 Å². The summed E-state index contributed by atoms with van der Waals surface area (Å²) in [5, 5.41) is 11.5. The Morgan fingerprint density at radius 1 is 1.08 bits per heavy atom. The third-order valence-corrected chi connectivity index (χ3v) is 5.72. The summed E-state index contributed by atoms with van der Waals surface area (Å²) in [6.07, 6.45) is 1.41. The molecule has 0 spiro atoms. The van der Waals surface area contributed by atoms with Crippen molar-refractivity contribution in [1.82, 2.24) is 24.8 Å². The molecular formula is C25H32N6O5. The first kappa shape index (κ1) is 25.5. The second kappa shape index (κ2) is 11.5. The van der Waals surface area contributed by atoms with Gasteiger partial charge in [-0.1, -0.05) is 36.4 Å². The van der Waals surface area contributed by atoms with Crippen LogP contribution in [0, 0.1) is 0 Å². The molecule has 0 unspecified atom stereocenters. The standard InChI is InChI=1S/C25H32N6O5/c1-25(2,26)23(32)27-20(17-35-15-18-6-4-3-5-7-18)22-29-28-21-9-8-19(14-31(21)22)16-36-24(33)30-10-12-34-13-11-30/h3-9,14,20H,10-13,15-17,26H2,1-2H3,(H,27,32)/t20-/m1/s1. The van der Waals surface area contributed by atoms with E-state index in [0.29, 0.717) is 44.4 Å². The smallest absolute Gasteiger partial charge is 0.410 e. The van der Waals surface area contributed by atoms with Crippen molar-refractivity contribution < 1.29 is 23.8 Å². The van der Waals surface area contributed by atoms with E-state index in [4.69, 9.17) is 19.9 Å². The number of carbonyl (C=O) groups is 2. The minimum atomic E-state index is -1.09. The quantitative estimate of drug-likeness (QED) is 0.458. The summed E-state index contributed by atoms with van der Waals surface area (Å²) in [6.45, 7) is 5.91. The van der Waals surface area contributed by atoms with Crippen LogP contribution in [0.1, 0.15) is 36.8 Å². The number of morpholine rings is 1. The van der Waals surface area contributed by atoms with E-state index in [1.165, 1.54) is 0 Å². The second-order valence-electron chi connectivity index (χ2n) is 9.23. The number of nitrogens with zero attached hydrogens (tertiary/aromatic N) is 4. The number of ether oxygens (including phenoxy) is 3. The maximum atomic E-state index is 12.7. The Morgan fingerprint density at radius 3 is 2.56 bits per heavy atom. The molecular weight excluding hydrogens is 464 g/mol. The maximum Gasteiger partial charge on any atom is 0.410 e. The molecule has 2 aromatic heterocycles. The summed E-state index contributed by atoms with van der Waals surface area (Å²) in [5.74, 6) is 0.139. The van der Waals surface area contributed by atoms with E-state index in [0.717, 1.165) is 11.1 Å². The predicted octanol–water partition coefficient (Wildman–Crippen LogP) is 1.81. The van der Waals surface area contributed by atoms with E-state index in [-0.39, 0.29) is 25.2 Å².